The van der Waals surface area contributed by atoms with Gasteiger partial charge in [0.25, 0.3) is 0 Å². The van der Waals surface area contributed by atoms with E-state index < -0.39 is 5.79 Å². The molecule has 1 fully saturated rings. The number of hydrogen-bond acceptors (Lipinski definition) is 4. The second kappa shape index (κ2) is 7.72. The van der Waals surface area contributed by atoms with Crippen LogP contribution in [0.15, 0.2) is 36.4 Å². The molecular weight excluding hydrogens is 429 g/mol. The number of nitrogens with one attached hydrogen (secondary N) is 1. The number of halogens is 3. The van der Waals surface area contributed by atoms with Gasteiger partial charge in [-0.15, -0.1) is 0 Å². The first-order valence-corrected chi connectivity index (χ1v) is 9.59. The van der Waals surface area contributed by atoms with E-state index in [-0.39, 0.29) is 6.23 Å². The summed E-state index contributed by atoms with van der Waals surface area (Å²) in [4.78, 5) is 0. The first kappa shape index (κ1) is 18.8. The molecule has 0 bridgehead atoms. The first-order chi connectivity index (χ1) is 12.0. The fourth-order valence-electron chi connectivity index (χ4n) is 2.76. The van der Waals surface area contributed by atoms with Crippen molar-refractivity contribution < 1.29 is 14.2 Å². The topological polar surface area (TPSA) is 39.7 Å². The van der Waals surface area contributed by atoms with Crippen LogP contribution in [-0.2, 0) is 15.3 Å². The Labute approximate surface area is 165 Å². The summed E-state index contributed by atoms with van der Waals surface area (Å²) in [6, 6.07) is 11.1. The maximum absolute atomic E-state index is 6.34. The minimum absolute atomic E-state index is 0.309. The largest absolute Gasteiger partial charge is 0.497 e. The molecule has 1 saturated heterocycles. The van der Waals surface area contributed by atoms with E-state index in [1.54, 1.807) is 19.2 Å². The molecule has 7 heteroatoms. The molecule has 4 nitrogen and oxygen atoms in total. The van der Waals surface area contributed by atoms with Crippen LogP contribution < -0.4 is 10.1 Å². The summed E-state index contributed by atoms with van der Waals surface area (Å²) in [5.74, 6) is -0.144. The second-order valence-corrected chi connectivity index (χ2v) is 7.16. The number of rotatable bonds is 5. The number of anilines is 1. The van der Waals surface area contributed by atoms with Gasteiger partial charge < -0.3 is 19.5 Å². The highest BCUT2D eigenvalue weighted by atomic mass is 79.9. The molecule has 0 unspecified atom stereocenters. The highest BCUT2D eigenvalue weighted by molar-refractivity contribution is 9.09. The van der Waals surface area contributed by atoms with Crippen LogP contribution in [0, 0.1) is 6.92 Å². The monoisotopic (exact) mass is 445 g/mol. The third kappa shape index (κ3) is 3.91. The van der Waals surface area contributed by atoms with Gasteiger partial charge in [-0.1, -0.05) is 45.2 Å². The van der Waals surface area contributed by atoms with Crippen LogP contribution in [0.5, 0.6) is 5.75 Å². The molecule has 1 aliphatic rings. The van der Waals surface area contributed by atoms with Crippen LogP contribution in [0.2, 0.25) is 10.0 Å². The lowest BCUT2D eigenvalue weighted by atomic mass is 10.1. The molecule has 3 rings (SSSR count). The summed E-state index contributed by atoms with van der Waals surface area (Å²) < 4.78 is 17.4. The fraction of sp³-hybridized carbons (Fsp3) is 0.333. The van der Waals surface area contributed by atoms with Crippen molar-refractivity contribution in [2.45, 2.75) is 18.9 Å². The molecule has 1 N–H and O–H groups in total. The molecule has 2 aromatic carbocycles. The van der Waals surface area contributed by atoms with Gasteiger partial charge in [-0.25, -0.2) is 0 Å². The summed E-state index contributed by atoms with van der Waals surface area (Å²) in [7, 11) is 1.65. The molecular formula is C18H18BrCl2NO3. The van der Waals surface area contributed by atoms with Crippen LogP contribution in [0.4, 0.5) is 5.69 Å². The Morgan fingerprint density at radius 1 is 1.28 bits per heavy atom. The van der Waals surface area contributed by atoms with Crippen molar-refractivity contribution in [3.8, 4) is 5.75 Å². The lowest BCUT2D eigenvalue weighted by molar-refractivity contribution is -0.153. The SMILES string of the molecule is COc1ccc(N[C@@H]2CO[C@](CBr)(c3ccc(Cl)cc3Cl)O2)c(C)c1. The van der Waals surface area contributed by atoms with Crippen LogP contribution in [0.3, 0.4) is 0 Å². The molecule has 1 heterocycles. The van der Waals surface area contributed by atoms with Crippen LogP contribution in [-0.4, -0.2) is 25.3 Å². The zero-order chi connectivity index (χ0) is 18.0. The Kier molecular flexibility index (Phi) is 5.81. The Hall–Kier alpha value is -0.980. The third-order valence-electron chi connectivity index (χ3n) is 4.07. The number of benzene rings is 2. The standard InChI is InChI=1S/C18H18BrCl2NO3/c1-11-7-13(23-2)4-6-16(11)22-17-9-24-18(10-19,25-17)14-5-3-12(20)8-15(14)21/h3-8,17,22H,9-10H2,1-2H3/t17-,18-/m0/s1. The lowest BCUT2D eigenvalue weighted by Gasteiger charge is -2.27. The summed E-state index contributed by atoms with van der Waals surface area (Å²) in [5.41, 5.74) is 2.76. The minimum atomic E-state index is -0.959. The third-order valence-corrected chi connectivity index (χ3v) is 5.35. The molecule has 1 aliphatic heterocycles. The summed E-state index contributed by atoms with van der Waals surface area (Å²) >= 11 is 15.8. The van der Waals surface area contributed by atoms with Gasteiger partial charge in [0, 0.05) is 16.3 Å². The Morgan fingerprint density at radius 2 is 2.08 bits per heavy atom. The average molecular weight is 447 g/mol. The van der Waals surface area contributed by atoms with Crippen molar-refractivity contribution in [3.63, 3.8) is 0 Å². The van der Waals surface area contributed by atoms with Gasteiger partial charge >= 0.3 is 0 Å². The van der Waals surface area contributed by atoms with Crippen molar-refractivity contribution in [1.82, 2.24) is 0 Å². The average Bonchev–Trinajstić information content (AvgIpc) is 3.01. The number of methoxy groups -OCH3 is 1. The quantitative estimate of drug-likeness (QED) is 0.629. The molecule has 25 heavy (non-hydrogen) atoms. The van der Waals surface area contributed by atoms with E-state index in [1.165, 1.54) is 0 Å². The van der Waals surface area contributed by atoms with Crippen molar-refractivity contribution in [2.24, 2.45) is 0 Å². The van der Waals surface area contributed by atoms with Gasteiger partial charge in [0.2, 0.25) is 5.79 Å². The maximum atomic E-state index is 6.34. The summed E-state index contributed by atoms with van der Waals surface area (Å²) in [6.07, 6.45) is -0.309. The molecule has 0 amide bonds. The van der Waals surface area contributed by atoms with E-state index in [9.17, 15) is 0 Å². The lowest BCUT2D eigenvalue weighted by Crippen LogP contribution is -2.32. The Morgan fingerprint density at radius 3 is 2.72 bits per heavy atom. The van der Waals surface area contributed by atoms with Gasteiger partial charge in [-0.3, -0.25) is 0 Å². The summed E-state index contributed by atoms with van der Waals surface area (Å²) in [5, 5.41) is 4.88. The van der Waals surface area contributed by atoms with E-state index in [4.69, 9.17) is 37.4 Å². The van der Waals surface area contributed by atoms with Crippen molar-refractivity contribution >= 4 is 44.8 Å². The van der Waals surface area contributed by atoms with Crippen LogP contribution >= 0.6 is 39.1 Å². The van der Waals surface area contributed by atoms with Crippen molar-refractivity contribution in [1.29, 1.82) is 0 Å². The van der Waals surface area contributed by atoms with Gasteiger partial charge in [0.1, 0.15) is 5.75 Å². The molecule has 2 atom stereocenters. The maximum Gasteiger partial charge on any atom is 0.208 e. The zero-order valence-electron chi connectivity index (χ0n) is 13.8. The molecule has 0 radical (unpaired) electrons. The zero-order valence-corrected chi connectivity index (χ0v) is 16.9. The van der Waals surface area contributed by atoms with Crippen LogP contribution in [0.1, 0.15) is 11.1 Å². The van der Waals surface area contributed by atoms with E-state index >= 15 is 0 Å². The smallest absolute Gasteiger partial charge is 0.208 e. The van der Waals surface area contributed by atoms with E-state index in [1.807, 2.05) is 31.2 Å². The number of alkyl halides is 1. The van der Waals surface area contributed by atoms with Gasteiger partial charge in [0.05, 0.1) is 24.1 Å². The van der Waals surface area contributed by atoms with Gasteiger partial charge in [0.15, 0.2) is 6.23 Å². The highest BCUT2D eigenvalue weighted by Gasteiger charge is 2.44. The molecule has 0 aromatic heterocycles. The number of hydrogen-bond donors (Lipinski definition) is 1. The molecule has 2 aromatic rings. The molecule has 0 saturated carbocycles. The highest BCUT2D eigenvalue weighted by Crippen LogP contribution is 2.40. The minimum Gasteiger partial charge on any atom is -0.497 e. The molecule has 0 spiro atoms. The number of aryl methyl sites for hydroxylation is 1. The van der Waals surface area contributed by atoms with Crippen molar-refractivity contribution in [2.75, 3.05) is 24.4 Å². The van der Waals surface area contributed by atoms with E-state index in [0.29, 0.717) is 22.0 Å². The van der Waals surface area contributed by atoms with Crippen molar-refractivity contribution in [3.05, 3.63) is 57.6 Å². The van der Waals surface area contributed by atoms with E-state index in [0.717, 1.165) is 22.6 Å². The van der Waals surface area contributed by atoms with Crippen LogP contribution in [0.25, 0.3) is 0 Å². The first-order valence-electron chi connectivity index (χ1n) is 7.72. The predicted molar refractivity (Wildman–Crippen MR) is 104 cm³/mol. The summed E-state index contributed by atoms with van der Waals surface area (Å²) in [6.45, 7) is 2.39. The predicted octanol–water partition coefficient (Wildman–Crippen LogP) is 5.34. The number of ether oxygens (including phenoxy) is 3. The van der Waals surface area contributed by atoms with Gasteiger partial charge in [-0.2, -0.15) is 0 Å². The Bertz CT molecular complexity index is 774. The fourth-order valence-corrected chi connectivity index (χ4v) is 3.91. The normalized spacial score (nSPS) is 22.8. The molecule has 134 valence electrons. The molecule has 0 aliphatic carbocycles. The Balaban J connectivity index is 1.79. The van der Waals surface area contributed by atoms with E-state index in [2.05, 4.69) is 21.2 Å². The van der Waals surface area contributed by atoms with Gasteiger partial charge in [-0.05, 0) is 42.8 Å². The second-order valence-electron chi connectivity index (χ2n) is 5.75.